The second-order valence-electron chi connectivity index (χ2n) is 5.84. The summed E-state index contributed by atoms with van der Waals surface area (Å²) in [7, 11) is 0. The minimum absolute atomic E-state index is 0.0341. The molecule has 2 aromatic carbocycles. The standard InChI is InChI=1S/C19H26N2/c1-5-21(17-9-6-14(2)7-10-17)13-19(20)18-11-8-15(3)12-16(18)4/h6-12,19H,5,13,20H2,1-4H3. The van der Waals surface area contributed by atoms with Crippen molar-refractivity contribution in [3.8, 4) is 0 Å². The number of likely N-dealkylation sites (N-methyl/N-ethyl adjacent to an activating group) is 1. The van der Waals surface area contributed by atoms with Crippen molar-refractivity contribution in [2.45, 2.75) is 33.7 Å². The molecule has 0 heterocycles. The zero-order chi connectivity index (χ0) is 15.4. The number of anilines is 1. The molecule has 0 bridgehead atoms. The summed E-state index contributed by atoms with van der Waals surface area (Å²) in [6.45, 7) is 10.3. The molecule has 2 nitrogen and oxygen atoms in total. The van der Waals surface area contributed by atoms with Crippen LogP contribution in [0.3, 0.4) is 0 Å². The summed E-state index contributed by atoms with van der Waals surface area (Å²) in [5.74, 6) is 0. The number of hydrogen-bond acceptors (Lipinski definition) is 2. The van der Waals surface area contributed by atoms with Gasteiger partial charge in [0.1, 0.15) is 0 Å². The van der Waals surface area contributed by atoms with Gasteiger partial charge in [-0.15, -0.1) is 0 Å². The van der Waals surface area contributed by atoms with Gasteiger partial charge in [-0.05, 0) is 51.0 Å². The van der Waals surface area contributed by atoms with Crippen LogP contribution in [0.5, 0.6) is 0 Å². The predicted molar refractivity (Wildman–Crippen MR) is 91.9 cm³/mol. The Morgan fingerprint density at radius 1 is 0.952 bits per heavy atom. The fourth-order valence-electron chi connectivity index (χ4n) is 2.75. The number of benzene rings is 2. The van der Waals surface area contributed by atoms with E-state index in [9.17, 15) is 0 Å². The van der Waals surface area contributed by atoms with E-state index < -0.39 is 0 Å². The molecule has 2 rings (SSSR count). The highest BCUT2D eigenvalue weighted by molar-refractivity contribution is 5.48. The van der Waals surface area contributed by atoms with E-state index in [1.54, 1.807) is 0 Å². The number of nitrogens with two attached hydrogens (primary N) is 1. The maximum Gasteiger partial charge on any atom is 0.0475 e. The van der Waals surface area contributed by atoms with Gasteiger partial charge in [0.15, 0.2) is 0 Å². The van der Waals surface area contributed by atoms with Gasteiger partial charge in [0.05, 0.1) is 0 Å². The molecule has 0 aliphatic rings. The maximum absolute atomic E-state index is 6.45. The van der Waals surface area contributed by atoms with Crippen molar-refractivity contribution in [1.29, 1.82) is 0 Å². The molecular formula is C19H26N2. The smallest absolute Gasteiger partial charge is 0.0475 e. The summed E-state index contributed by atoms with van der Waals surface area (Å²) >= 11 is 0. The van der Waals surface area contributed by atoms with E-state index in [0.29, 0.717) is 0 Å². The minimum atomic E-state index is 0.0341. The van der Waals surface area contributed by atoms with Gasteiger partial charge in [-0.25, -0.2) is 0 Å². The van der Waals surface area contributed by atoms with Crippen molar-refractivity contribution in [3.63, 3.8) is 0 Å². The summed E-state index contributed by atoms with van der Waals surface area (Å²) in [5, 5.41) is 0. The van der Waals surface area contributed by atoms with E-state index >= 15 is 0 Å². The third-order valence-electron chi connectivity index (χ3n) is 4.02. The van der Waals surface area contributed by atoms with E-state index in [4.69, 9.17) is 5.73 Å². The van der Waals surface area contributed by atoms with Crippen LogP contribution in [-0.2, 0) is 0 Å². The van der Waals surface area contributed by atoms with Crippen molar-refractivity contribution < 1.29 is 0 Å². The molecule has 0 spiro atoms. The number of hydrogen-bond donors (Lipinski definition) is 1. The largest absolute Gasteiger partial charge is 0.370 e. The molecule has 2 aromatic rings. The van der Waals surface area contributed by atoms with E-state index in [0.717, 1.165) is 13.1 Å². The van der Waals surface area contributed by atoms with Gasteiger partial charge in [0.2, 0.25) is 0 Å². The monoisotopic (exact) mass is 282 g/mol. The average molecular weight is 282 g/mol. The number of rotatable bonds is 5. The maximum atomic E-state index is 6.45. The van der Waals surface area contributed by atoms with Crippen LogP contribution in [0, 0.1) is 20.8 Å². The minimum Gasteiger partial charge on any atom is -0.370 e. The van der Waals surface area contributed by atoms with Crippen molar-refractivity contribution in [2.75, 3.05) is 18.0 Å². The molecule has 21 heavy (non-hydrogen) atoms. The molecule has 0 aromatic heterocycles. The molecule has 1 atom stereocenters. The molecule has 0 aliphatic heterocycles. The topological polar surface area (TPSA) is 29.3 Å². The summed E-state index contributed by atoms with van der Waals surface area (Å²) in [6.07, 6.45) is 0. The Balaban J connectivity index is 2.15. The molecule has 1 unspecified atom stereocenters. The van der Waals surface area contributed by atoms with Crippen LogP contribution in [0.2, 0.25) is 0 Å². The normalized spacial score (nSPS) is 12.2. The molecule has 2 N–H and O–H groups in total. The zero-order valence-electron chi connectivity index (χ0n) is 13.6. The highest BCUT2D eigenvalue weighted by Gasteiger charge is 2.13. The number of nitrogens with zero attached hydrogens (tertiary/aromatic N) is 1. The molecular weight excluding hydrogens is 256 g/mol. The SMILES string of the molecule is CCN(CC(N)c1ccc(C)cc1C)c1ccc(C)cc1. The summed E-state index contributed by atoms with van der Waals surface area (Å²) < 4.78 is 0. The second-order valence-corrected chi connectivity index (χ2v) is 5.84. The van der Waals surface area contributed by atoms with Crippen LogP contribution < -0.4 is 10.6 Å². The van der Waals surface area contributed by atoms with Crippen molar-refractivity contribution in [3.05, 3.63) is 64.7 Å². The second kappa shape index (κ2) is 6.77. The van der Waals surface area contributed by atoms with E-state index in [1.165, 1.54) is 27.9 Å². The fourth-order valence-corrected chi connectivity index (χ4v) is 2.75. The van der Waals surface area contributed by atoms with Gasteiger partial charge in [0, 0.05) is 24.8 Å². The van der Waals surface area contributed by atoms with Crippen LogP contribution in [0.4, 0.5) is 5.69 Å². The predicted octanol–water partition coefficient (Wildman–Crippen LogP) is 4.14. The van der Waals surface area contributed by atoms with Crippen LogP contribution in [0.1, 0.15) is 35.2 Å². The Labute approximate surface area is 128 Å². The highest BCUT2D eigenvalue weighted by atomic mass is 15.1. The first-order chi connectivity index (χ1) is 10.0. The van der Waals surface area contributed by atoms with Gasteiger partial charge in [0.25, 0.3) is 0 Å². The Hall–Kier alpha value is -1.80. The molecule has 0 radical (unpaired) electrons. The molecule has 2 heteroatoms. The first-order valence-corrected chi connectivity index (χ1v) is 7.65. The lowest BCUT2D eigenvalue weighted by molar-refractivity contribution is 0.673. The Bertz CT molecular complexity index is 587. The molecule has 0 fully saturated rings. The van der Waals surface area contributed by atoms with E-state index in [-0.39, 0.29) is 6.04 Å². The summed E-state index contributed by atoms with van der Waals surface area (Å²) in [6, 6.07) is 15.2. The first-order valence-electron chi connectivity index (χ1n) is 7.65. The molecule has 0 amide bonds. The zero-order valence-corrected chi connectivity index (χ0v) is 13.6. The lowest BCUT2D eigenvalue weighted by Crippen LogP contribution is -2.32. The van der Waals surface area contributed by atoms with Crippen LogP contribution in [0.25, 0.3) is 0 Å². The fraction of sp³-hybridized carbons (Fsp3) is 0.368. The van der Waals surface area contributed by atoms with Gasteiger partial charge in [-0.1, -0.05) is 41.5 Å². The quantitative estimate of drug-likeness (QED) is 0.893. The third kappa shape index (κ3) is 3.85. The van der Waals surface area contributed by atoms with Gasteiger partial charge >= 0.3 is 0 Å². The van der Waals surface area contributed by atoms with Gasteiger partial charge in [-0.2, -0.15) is 0 Å². The summed E-state index contributed by atoms with van der Waals surface area (Å²) in [4.78, 5) is 2.34. The lowest BCUT2D eigenvalue weighted by Gasteiger charge is -2.27. The number of aryl methyl sites for hydroxylation is 3. The third-order valence-corrected chi connectivity index (χ3v) is 4.02. The van der Waals surface area contributed by atoms with E-state index in [1.807, 2.05) is 0 Å². The molecule has 0 aliphatic carbocycles. The molecule has 0 saturated carbocycles. The Kier molecular flexibility index (Phi) is 5.03. The Morgan fingerprint density at radius 2 is 1.57 bits per heavy atom. The molecule has 112 valence electrons. The van der Waals surface area contributed by atoms with E-state index in [2.05, 4.69) is 75.1 Å². The average Bonchev–Trinajstić information content (AvgIpc) is 2.45. The van der Waals surface area contributed by atoms with Gasteiger partial charge < -0.3 is 10.6 Å². The van der Waals surface area contributed by atoms with Crippen LogP contribution >= 0.6 is 0 Å². The first kappa shape index (κ1) is 15.6. The highest BCUT2D eigenvalue weighted by Crippen LogP contribution is 2.21. The van der Waals surface area contributed by atoms with Crippen LogP contribution in [0.15, 0.2) is 42.5 Å². The van der Waals surface area contributed by atoms with Crippen molar-refractivity contribution >= 4 is 5.69 Å². The molecule has 0 saturated heterocycles. The Morgan fingerprint density at radius 3 is 2.14 bits per heavy atom. The van der Waals surface area contributed by atoms with Crippen molar-refractivity contribution in [2.24, 2.45) is 5.73 Å². The van der Waals surface area contributed by atoms with Crippen LogP contribution in [-0.4, -0.2) is 13.1 Å². The van der Waals surface area contributed by atoms with Crippen molar-refractivity contribution in [1.82, 2.24) is 0 Å². The summed E-state index contributed by atoms with van der Waals surface area (Å²) in [5.41, 5.74) is 12.8. The van der Waals surface area contributed by atoms with Gasteiger partial charge in [-0.3, -0.25) is 0 Å². The lowest BCUT2D eigenvalue weighted by atomic mass is 9.99.